The van der Waals surface area contributed by atoms with Crippen LogP contribution in [0.2, 0.25) is 0 Å². The fourth-order valence-electron chi connectivity index (χ4n) is 4.98. The van der Waals surface area contributed by atoms with Crippen LogP contribution in [0.1, 0.15) is 56.4 Å². The zero-order chi connectivity index (χ0) is 28.3. The van der Waals surface area contributed by atoms with E-state index in [1.165, 1.54) is 18.5 Å². The molecule has 3 aromatic heterocycles. The molecule has 10 nitrogen and oxygen atoms in total. The summed E-state index contributed by atoms with van der Waals surface area (Å²) in [5, 5.41) is 17.8. The smallest absolute Gasteiger partial charge is 0.251 e. The number of H-pyrrole nitrogens is 1. The van der Waals surface area contributed by atoms with E-state index in [0.29, 0.717) is 18.7 Å². The van der Waals surface area contributed by atoms with E-state index in [1.54, 1.807) is 12.3 Å². The lowest BCUT2D eigenvalue weighted by Gasteiger charge is -2.34. The molecule has 1 aromatic carbocycles. The van der Waals surface area contributed by atoms with Crippen molar-refractivity contribution in [1.29, 1.82) is 5.26 Å². The number of piperidine rings is 1. The molecular formula is C29H33FN8O2. The molecule has 1 atom stereocenters. The molecule has 208 valence electrons. The Hall–Kier alpha value is -4.30. The van der Waals surface area contributed by atoms with Crippen molar-refractivity contribution in [1.82, 2.24) is 34.9 Å². The van der Waals surface area contributed by atoms with Crippen LogP contribution in [0.4, 0.5) is 4.39 Å². The lowest BCUT2D eigenvalue weighted by atomic mass is 10.1. The fraction of sp³-hybridized carbons (Fsp3) is 0.414. The van der Waals surface area contributed by atoms with Gasteiger partial charge in [0, 0.05) is 60.1 Å². The summed E-state index contributed by atoms with van der Waals surface area (Å²) in [5.74, 6) is -0.495. The molecular weight excluding hydrogens is 511 g/mol. The largest absolute Gasteiger partial charge is 0.490 e. The first-order valence-electron chi connectivity index (χ1n) is 13.4. The highest BCUT2D eigenvalue weighted by molar-refractivity contribution is 5.95. The van der Waals surface area contributed by atoms with Gasteiger partial charge >= 0.3 is 0 Å². The number of ether oxygens (including phenoxy) is 1. The Morgan fingerprint density at radius 3 is 2.83 bits per heavy atom. The van der Waals surface area contributed by atoms with Gasteiger partial charge in [-0.05, 0) is 51.8 Å². The molecule has 0 saturated carbocycles. The van der Waals surface area contributed by atoms with Crippen molar-refractivity contribution in [2.75, 3.05) is 19.6 Å². The van der Waals surface area contributed by atoms with Gasteiger partial charge in [-0.3, -0.25) is 9.48 Å². The monoisotopic (exact) mass is 544 g/mol. The zero-order valence-electron chi connectivity index (χ0n) is 22.9. The van der Waals surface area contributed by atoms with E-state index >= 15 is 0 Å². The molecule has 4 heterocycles. The van der Waals surface area contributed by atoms with E-state index < -0.39 is 11.4 Å². The second-order valence-corrected chi connectivity index (χ2v) is 11.2. The summed E-state index contributed by atoms with van der Waals surface area (Å²) in [6.07, 6.45) is 8.78. The Kier molecular flexibility index (Phi) is 7.80. The molecule has 5 rings (SSSR count). The van der Waals surface area contributed by atoms with Gasteiger partial charge in [-0.2, -0.15) is 10.4 Å². The lowest BCUT2D eigenvalue weighted by molar-refractivity contribution is 0.0890. The van der Waals surface area contributed by atoms with Crippen molar-refractivity contribution in [3.63, 3.8) is 0 Å². The number of rotatable bonds is 8. The minimum atomic E-state index is -0.508. The van der Waals surface area contributed by atoms with Crippen molar-refractivity contribution in [3.05, 3.63) is 60.6 Å². The van der Waals surface area contributed by atoms with E-state index in [-0.39, 0.29) is 23.6 Å². The van der Waals surface area contributed by atoms with Crippen molar-refractivity contribution in [2.45, 2.75) is 57.7 Å². The molecule has 1 unspecified atom stereocenters. The number of likely N-dealkylation sites (tertiary alicyclic amines) is 1. The first-order valence-corrected chi connectivity index (χ1v) is 13.4. The number of aromatic amines is 1. The van der Waals surface area contributed by atoms with Gasteiger partial charge in [0.2, 0.25) is 0 Å². The van der Waals surface area contributed by atoms with Gasteiger partial charge < -0.3 is 19.9 Å². The number of carbonyl (C=O) groups excluding carboxylic acids is 1. The molecule has 1 aliphatic rings. The number of fused-ring (bicyclic) bond motifs is 1. The summed E-state index contributed by atoms with van der Waals surface area (Å²) < 4.78 is 22.2. The molecule has 40 heavy (non-hydrogen) atoms. The molecule has 2 N–H and O–H groups in total. The van der Waals surface area contributed by atoms with Crippen molar-refractivity contribution in [2.24, 2.45) is 0 Å². The van der Waals surface area contributed by atoms with Gasteiger partial charge in [-0.25, -0.2) is 14.4 Å². The minimum Gasteiger partial charge on any atom is -0.490 e. The quantitative estimate of drug-likeness (QED) is 0.335. The second-order valence-electron chi connectivity index (χ2n) is 11.2. The number of hydrogen-bond acceptors (Lipinski definition) is 7. The van der Waals surface area contributed by atoms with Crippen LogP contribution in [-0.2, 0) is 0 Å². The van der Waals surface area contributed by atoms with Crippen molar-refractivity contribution < 1.29 is 13.9 Å². The Bertz CT molecular complexity index is 1520. The Morgan fingerprint density at radius 1 is 1.27 bits per heavy atom. The van der Waals surface area contributed by atoms with E-state index in [1.807, 2.05) is 43.9 Å². The van der Waals surface area contributed by atoms with Gasteiger partial charge in [-0.15, -0.1) is 0 Å². The third-order valence-electron chi connectivity index (χ3n) is 6.86. The summed E-state index contributed by atoms with van der Waals surface area (Å²) in [7, 11) is 0. The highest BCUT2D eigenvalue weighted by atomic mass is 19.1. The second kappa shape index (κ2) is 11.4. The molecule has 1 saturated heterocycles. The Morgan fingerprint density at radius 2 is 2.08 bits per heavy atom. The fourth-order valence-corrected chi connectivity index (χ4v) is 4.98. The molecule has 0 aliphatic carbocycles. The number of benzene rings is 1. The number of amides is 1. The molecule has 0 bridgehead atoms. The highest BCUT2D eigenvalue weighted by Gasteiger charge is 2.25. The zero-order valence-corrected chi connectivity index (χ0v) is 22.9. The predicted octanol–water partition coefficient (Wildman–Crippen LogP) is 4.49. The molecule has 1 fully saturated rings. The van der Waals surface area contributed by atoms with Crippen molar-refractivity contribution in [3.8, 4) is 23.1 Å². The molecule has 1 aliphatic heterocycles. The molecule has 0 radical (unpaired) electrons. The third-order valence-corrected chi connectivity index (χ3v) is 6.86. The maximum atomic E-state index is 14.3. The van der Waals surface area contributed by atoms with Gasteiger partial charge in [0.05, 0.1) is 30.4 Å². The van der Waals surface area contributed by atoms with E-state index in [9.17, 15) is 14.4 Å². The van der Waals surface area contributed by atoms with Crippen LogP contribution < -0.4 is 10.1 Å². The topological polar surface area (TPSA) is 125 Å². The molecule has 1 amide bonds. The minimum absolute atomic E-state index is 0.0937. The maximum absolute atomic E-state index is 14.3. The van der Waals surface area contributed by atoms with Crippen LogP contribution in [0.5, 0.6) is 5.75 Å². The predicted molar refractivity (Wildman–Crippen MR) is 148 cm³/mol. The normalized spacial score (nSPS) is 15.6. The summed E-state index contributed by atoms with van der Waals surface area (Å²) in [6, 6.07) is 8.24. The third kappa shape index (κ3) is 6.46. The number of hydrogen-bond donors (Lipinski definition) is 2. The first kappa shape index (κ1) is 27.3. The summed E-state index contributed by atoms with van der Waals surface area (Å²) in [4.78, 5) is 26.6. The number of aromatic nitrogens is 5. The highest BCUT2D eigenvalue weighted by Crippen LogP contribution is 2.27. The number of carbonyl (C=O) groups is 1. The van der Waals surface area contributed by atoms with Gasteiger partial charge in [0.25, 0.3) is 5.91 Å². The number of nitrogens with one attached hydrogen (secondary N) is 2. The lowest BCUT2D eigenvalue weighted by Crippen LogP contribution is -2.41. The van der Waals surface area contributed by atoms with Crippen LogP contribution in [-0.4, -0.2) is 66.8 Å². The Labute approximate surface area is 232 Å². The average Bonchev–Trinajstić information content (AvgIpc) is 3.58. The number of nitriles is 1. The van der Waals surface area contributed by atoms with Gasteiger partial charge in [0.1, 0.15) is 29.6 Å². The van der Waals surface area contributed by atoms with Crippen molar-refractivity contribution >= 4 is 16.9 Å². The van der Waals surface area contributed by atoms with E-state index in [4.69, 9.17) is 4.74 Å². The Balaban J connectivity index is 1.20. The number of nitrogens with zero attached hydrogens (tertiary/aromatic N) is 6. The van der Waals surface area contributed by atoms with Crippen LogP contribution in [0.15, 0.2) is 49.2 Å². The van der Waals surface area contributed by atoms with Crippen LogP contribution in [0.3, 0.4) is 0 Å². The van der Waals surface area contributed by atoms with Crippen LogP contribution in [0.25, 0.3) is 22.3 Å². The van der Waals surface area contributed by atoms with Gasteiger partial charge in [0.15, 0.2) is 0 Å². The molecule has 11 heteroatoms. The first-order chi connectivity index (χ1) is 19.2. The van der Waals surface area contributed by atoms with E-state index in [2.05, 4.69) is 36.3 Å². The van der Waals surface area contributed by atoms with Crippen LogP contribution in [0, 0.1) is 17.1 Å². The summed E-state index contributed by atoms with van der Waals surface area (Å²) >= 11 is 0. The number of halogens is 1. The van der Waals surface area contributed by atoms with Crippen LogP contribution >= 0.6 is 0 Å². The van der Waals surface area contributed by atoms with Gasteiger partial charge in [-0.1, -0.05) is 0 Å². The maximum Gasteiger partial charge on any atom is 0.251 e. The summed E-state index contributed by atoms with van der Waals surface area (Å²) in [6.45, 7) is 7.83. The molecule has 4 aromatic rings. The standard InChI is InChI=1S/C29H33FN8O2/c1-29(2,3)36-28(39)19-12-21(30)14-24(13-19)40-23-6-10-37(11-7-23)17-22(4-8-31)38-16-20(15-35-38)26-25-5-9-32-27(25)34-18-33-26/h5,9,12-16,18,22-23H,4,6-7,10-11,17H2,1-3H3,(H,36,39)(H,32,33,34). The average molecular weight is 545 g/mol. The summed E-state index contributed by atoms with van der Waals surface area (Å²) in [5.41, 5.74) is 2.23. The SMILES string of the molecule is CC(C)(C)NC(=O)c1cc(F)cc(OC2CCN(CC(CC#N)n3cc(-c4ncnc5[nH]ccc45)cn3)CC2)c1. The van der Waals surface area contributed by atoms with E-state index in [0.717, 1.165) is 48.2 Å². The molecule has 0 spiro atoms.